The first kappa shape index (κ1) is 11.5. The summed E-state index contributed by atoms with van der Waals surface area (Å²) in [5, 5.41) is 16.5. The van der Waals surface area contributed by atoms with E-state index in [1.807, 2.05) is 6.92 Å². The maximum atomic E-state index is 8.24. The lowest BCUT2D eigenvalue weighted by molar-refractivity contribution is -0.0463. The van der Waals surface area contributed by atoms with Gasteiger partial charge < -0.3 is 10.2 Å². The Morgan fingerprint density at radius 2 is 1.88 bits per heavy atom. The van der Waals surface area contributed by atoms with Crippen LogP contribution in [-0.2, 0) is 0 Å². The highest BCUT2D eigenvalue weighted by Crippen LogP contribution is 1.95. The van der Waals surface area contributed by atoms with Gasteiger partial charge in [-0.15, -0.1) is 0 Å². The molecule has 0 saturated heterocycles. The van der Waals surface area contributed by atoms with Gasteiger partial charge in [-0.05, 0) is 12.8 Å². The second-order valence-corrected chi connectivity index (χ2v) is 1.62. The Kier molecular flexibility index (Phi) is 11.0. The Labute approximate surface area is 66.1 Å². The molecule has 2 N–H and O–H groups in total. The molecule has 0 rings (SSSR count). The van der Waals surface area contributed by atoms with Crippen LogP contribution >= 0.6 is 0 Å². The molecule has 0 aromatic carbocycles. The monoisotopic (exact) mass is 128 g/mol. The molecule has 0 aliphatic carbocycles. The number of unbranched alkanes of at least 4 members (excludes halogenated alkanes) is 1. The quantitative estimate of drug-likeness (QED) is 0.418. The molecule has 8 heavy (non-hydrogen) atoms. The summed E-state index contributed by atoms with van der Waals surface area (Å²) < 4.78 is 0. The average Bonchev–Trinajstić information content (AvgIpc) is 1.61. The van der Waals surface area contributed by atoms with Gasteiger partial charge in [0.15, 0.2) is 6.29 Å². The minimum atomic E-state index is -1.10. The average molecular weight is 128 g/mol. The standard InChI is InChI=1S/C5H12O2.Mg/c1-2-3-4-5(6)7;/h5-7H,2-4H2,1H3;. The van der Waals surface area contributed by atoms with E-state index in [-0.39, 0.29) is 23.1 Å². The summed E-state index contributed by atoms with van der Waals surface area (Å²) in [7, 11) is 0. The topological polar surface area (TPSA) is 40.5 Å². The number of aliphatic hydroxyl groups excluding tert-OH is 1. The van der Waals surface area contributed by atoms with E-state index < -0.39 is 6.29 Å². The van der Waals surface area contributed by atoms with Crippen LogP contribution in [0.2, 0.25) is 0 Å². The fraction of sp³-hybridized carbons (Fsp3) is 1.00. The van der Waals surface area contributed by atoms with Gasteiger partial charge in [0.2, 0.25) is 0 Å². The van der Waals surface area contributed by atoms with Gasteiger partial charge in [-0.2, -0.15) is 0 Å². The van der Waals surface area contributed by atoms with Gasteiger partial charge in [-0.25, -0.2) is 0 Å². The predicted octanol–water partition coefficient (Wildman–Crippen LogP) is 0.106. The Hall–Kier alpha value is 0.686. The molecule has 2 radical (unpaired) electrons. The lowest BCUT2D eigenvalue weighted by Crippen LogP contribution is -2.02. The normalized spacial score (nSPS) is 9.00. The van der Waals surface area contributed by atoms with Crippen LogP contribution in [0.15, 0.2) is 0 Å². The first-order chi connectivity index (χ1) is 3.27. The van der Waals surface area contributed by atoms with Crippen molar-refractivity contribution in [2.45, 2.75) is 32.5 Å². The molecule has 46 valence electrons. The Bertz CT molecular complexity index is 39.4. The van der Waals surface area contributed by atoms with Crippen molar-refractivity contribution in [1.29, 1.82) is 0 Å². The van der Waals surface area contributed by atoms with Gasteiger partial charge in [-0.1, -0.05) is 13.3 Å². The Morgan fingerprint density at radius 3 is 2.00 bits per heavy atom. The Morgan fingerprint density at radius 1 is 1.38 bits per heavy atom. The van der Waals surface area contributed by atoms with E-state index in [1.54, 1.807) is 0 Å². The van der Waals surface area contributed by atoms with Crippen molar-refractivity contribution in [2.75, 3.05) is 0 Å². The number of hydrogen-bond acceptors (Lipinski definition) is 2. The summed E-state index contributed by atoms with van der Waals surface area (Å²) in [6, 6.07) is 0. The zero-order chi connectivity index (χ0) is 5.70. The van der Waals surface area contributed by atoms with E-state index in [4.69, 9.17) is 10.2 Å². The first-order valence-corrected chi connectivity index (χ1v) is 2.63. The number of hydrogen-bond donors (Lipinski definition) is 2. The van der Waals surface area contributed by atoms with Gasteiger partial charge in [0.25, 0.3) is 0 Å². The molecule has 0 amide bonds. The second kappa shape index (κ2) is 7.69. The first-order valence-electron chi connectivity index (χ1n) is 2.63. The molecule has 0 aromatic rings. The van der Waals surface area contributed by atoms with Crippen LogP contribution in [-0.4, -0.2) is 39.6 Å². The molecule has 0 bridgehead atoms. The maximum absolute atomic E-state index is 8.24. The van der Waals surface area contributed by atoms with Crippen molar-refractivity contribution in [3.05, 3.63) is 0 Å². The van der Waals surface area contributed by atoms with E-state index in [0.29, 0.717) is 6.42 Å². The van der Waals surface area contributed by atoms with E-state index in [1.165, 1.54) is 0 Å². The lowest BCUT2D eigenvalue weighted by atomic mass is 10.2. The van der Waals surface area contributed by atoms with Crippen molar-refractivity contribution in [1.82, 2.24) is 0 Å². The molecule has 0 fully saturated rings. The Balaban J connectivity index is 0. The van der Waals surface area contributed by atoms with Crippen LogP contribution in [0, 0.1) is 0 Å². The van der Waals surface area contributed by atoms with E-state index in [0.717, 1.165) is 12.8 Å². The fourth-order valence-electron chi connectivity index (χ4n) is 0.387. The highest BCUT2D eigenvalue weighted by atomic mass is 24.3. The molecule has 0 aromatic heterocycles. The van der Waals surface area contributed by atoms with E-state index in [2.05, 4.69) is 0 Å². The van der Waals surface area contributed by atoms with Gasteiger partial charge >= 0.3 is 0 Å². The molecule has 0 aliphatic rings. The molecule has 0 heterocycles. The van der Waals surface area contributed by atoms with Crippen LogP contribution in [0.25, 0.3) is 0 Å². The van der Waals surface area contributed by atoms with Crippen molar-refractivity contribution in [3.63, 3.8) is 0 Å². The summed E-state index contributed by atoms with van der Waals surface area (Å²) in [5.74, 6) is 0. The third kappa shape index (κ3) is 9.84. The molecule has 0 saturated carbocycles. The molecular weight excluding hydrogens is 116 g/mol. The molecule has 0 unspecified atom stereocenters. The molecule has 2 nitrogen and oxygen atoms in total. The highest BCUT2D eigenvalue weighted by Gasteiger charge is 1.92. The van der Waals surface area contributed by atoms with Crippen molar-refractivity contribution in [2.24, 2.45) is 0 Å². The van der Waals surface area contributed by atoms with Gasteiger partial charge in [0.05, 0.1) is 0 Å². The number of aliphatic hydroxyl groups is 2. The molecule has 0 spiro atoms. The third-order valence-corrected chi connectivity index (χ3v) is 0.816. The summed E-state index contributed by atoms with van der Waals surface area (Å²) in [5.41, 5.74) is 0. The van der Waals surface area contributed by atoms with Gasteiger partial charge in [0, 0.05) is 23.1 Å². The largest absolute Gasteiger partial charge is 0.368 e. The predicted molar refractivity (Wildman–Crippen MR) is 33.5 cm³/mol. The van der Waals surface area contributed by atoms with Crippen LogP contribution < -0.4 is 0 Å². The van der Waals surface area contributed by atoms with Crippen molar-refractivity contribution in [3.8, 4) is 0 Å². The lowest BCUT2D eigenvalue weighted by Gasteiger charge is -1.97. The van der Waals surface area contributed by atoms with Gasteiger partial charge in [0.1, 0.15) is 0 Å². The highest BCUT2D eigenvalue weighted by molar-refractivity contribution is 5.75. The molecule has 0 aliphatic heterocycles. The molecule has 3 heteroatoms. The molecule has 0 atom stereocenters. The van der Waals surface area contributed by atoms with Crippen LogP contribution in [0.1, 0.15) is 26.2 Å². The van der Waals surface area contributed by atoms with Crippen molar-refractivity contribution >= 4 is 23.1 Å². The second-order valence-electron chi connectivity index (χ2n) is 1.62. The summed E-state index contributed by atoms with van der Waals surface area (Å²) in [6.45, 7) is 2.02. The number of rotatable bonds is 3. The van der Waals surface area contributed by atoms with Crippen LogP contribution in [0.3, 0.4) is 0 Å². The summed E-state index contributed by atoms with van der Waals surface area (Å²) >= 11 is 0. The minimum Gasteiger partial charge on any atom is -0.368 e. The molecular formula is C5H12MgO2. The third-order valence-electron chi connectivity index (χ3n) is 0.816. The smallest absolute Gasteiger partial charge is 0.151 e. The fourth-order valence-corrected chi connectivity index (χ4v) is 0.387. The SMILES string of the molecule is CCCCC(O)O.[Mg]. The zero-order valence-corrected chi connectivity index (χ0v) is 6.71. The van der Waals surface area contributed by atoms with E-state index >= 15 is 0 Å². The van der Waals surface area contributed by atoms with Crippen LogP contribution in [0.4, 0.5) is 0 Å². The van der Waals surface area contributed by atoms with Crippen molar-refractivity contribution < 1.29 is 10.2 Å². The van der Waals surface area contributed by atoms with Gasteiger partial charge in [-0.3, -0.25) is 0 Å². The maximum Gasteiger partial charge on any atom is 0.151 e. The zero-order valence-electron chi connectivity index (χ0n) is 5.30. The van der Waals surface area contributed by atoms with Crippen LogP contribution in [0.5, 0.6) is 0 Å². The minimum absolute atomic E-state index is 0. The summed E-state index contributed by atoms with van der Waals surface area (Å²) in [6.07, 6.45) is 1.34. The summed E-state index contributed by atoms with van der Waals surface area (Å²) in [4.78, 5) is 0. The van der Waals surface area contributed by atoms with E-state index in [9.17, 15) is 0 Å².